The Morgan fingerprint density at radius 3 is 2.35 bits per heavy atom. The molecule has 3 aromatic rings. The smallest absolute Gasteiger partial charge is 0.254 e. The Labute approximate surface area is 189 Å². The minimum Gasteiger partial charge on any atom is -0.493 e. The van der Waals surface area contributed by atoms with E-state index in [2.05, 4.69) is 6.92 Å². The lowest BCUT2D eigenvalue weighted by Gasteiger charge is -2.23. The van der Waals surface area contributed by atoms with Gasteiger partial charge in [-0.05, 0) is 53.9 Å². The Morgan fingerprint density at radius 2 is 1.68 bits per heavy atom. The average molecular weight is 438 g/mol. The lowest BCUT2D eigenvalue weighted by atomic mass is 10.1. The van der Waals surface area contributed by atoms with Gasteiger partial charge in [0.15, 0.2) is 11.5 Å². The lowest BCUT2D eigenvalue weighted by molar-refractivity contribution is 0.0740. The van der Waals surface area contributed by atoms with E-state index in [9.17, 15) is 4.79 Å². The van der Waals surface area contributed by atoms with Crippen LogP contribution in [0.4, 0.5) is 0 Å². The summed E-state index contributed by atoms with van der Waals surface area (Å²) in [6.07, 6.45) is 1.95. The molecule has 0 radical (unpaired) electrons. The molecule has 162 valence electrons. The number of hydrogen-bond acceptors (Lipinski definition) is 3. The summed E-state index contributed by atoms with van der Waals surface area (Å²) in [5.74, 6) is 1.33. The highest BCUT2D eigenvalue weighted by Crippen LogP contribution is 2.29. The van der Waals surface area contributed by atoms with Crippen molar-refractivity contribution in [3.63, 3.8) is 0 Å². The number of carbonyl (C=O) groups is 1. The molecule has 0 bridgehead atoms. The molecular formula is C26H28ClNO3. The van der Waals surface area contributed by atoms with Crippen LogP contribution in [0, 0.1) is 0 Å². The van der Waals surface area contributed by atoms with Crippen molar-refractivity contribution >= 4 is 17.5 Å². The average Bonchev–Trinajstić information content (AvgIpc) is 2.81. The first-order chi connectivity index (χ1) is 15.1. The molecule has 0 heterocycles. The molecule has 3 aromatic carbocycles. The maximum Gasteiger partial charge on any atom is 0.254 e. The van der Waals surface area contributed by atoms with E-state index in [1.54, 1.807) is 31.4 Å². The lowest BCUT2D eigenvalue weighted by Crippen LogP contribution is -2.31. The molecule has 3 rings (SSSR count). The topological polar surface area (TPSA) is 38.8 Å². The number of unbranched alkanes of at least 4 members (excludes halogenated alkanes) is 1. The normalized spacial score (nSPS) is 10.5. The highest BCUT2D eigenvalue weighted by atomic mass is 35.5. The van der Waals surface area contributed by atoms with Crippen LogP contribution in [-0.2, 0) is 13.2 Å². The van der Waals surface area contributed by atoms with Gasteiger partial charge in [-0.15, -0.1) is 0 Å². The Bertz CT molecular complexity index is 974. The van der Waals surface area contributed by atoms with Crippen LogP contribution in [0.3, 0.4) is 0 Å². The van der Waals surface area contributed by atoms with Crippen LogP contribution in [0.2, 0.25) is 5.02 Å². The molecule has 0 saturated carbocycles. The van der Waals surface area contributed by atoms with Crippen molar-refractivity contribution in [1.82, 2.24) is 4.90 Å². The van der Waals surface area contributed by atoms with Gasteiger partial charge in [-0.2, -0.15) is 0 Å². The van der Waals surface area contributed by atoms with Crippen molar-refractivity contribution in [2.24, 2.45) is 0 Å². The fourth-order valence-electron chi connectivity index (χ4n) is 3.26. The first-order valence-electron chi connectivity index (χ1n) is 10.5. The van der Waals surface area contributed by atoms with E-state index in [0.29, 0.717) is 41.8 Å². The Balaban J connectivity index is 1.74. The fraction of sp³-hybridized carbons (Fsp3) is 0.269. The highest BCUT2D eigenvalue weighted by Gasteiger charge is 2.17. The zero-order valence-corrected chi connectivity index (χ0v) is 18.8. The minimum atomic E-state index is -0.00603. The molecule has 0 aliphatic rings. The second kappa shape index (κ2) is 11.4. The zero-order valence-electron chi connectivity index (χ0n) is 18.0. The molecule has 0 fully saturated rings. The number of nitrogens with zero attached hydrogens (tertiary/aromatic N) is 1. The molecule has 0 spiro atoms. The van der Waals surface area contributed by atoms with Gasteiger partial charge in [-0.25, -0.2) is 0 Å². The molecule has 0 atom stereocenters. The second-order valence-electron chi connectivity index (χ2n) is 7.35. The standard InChI is InChI=1S/C26H28ClNO3/c1-3-4-16-28(26(29)22-11-13-23(27)14-12-22)18-21-10-15-24(25(17-21)30-2)31-19-20-8-6-5-7-9-20/h5-15,17H,3-4,16,18-19H2,1-2H3. The fourth-order valence-corrected chi connectivity index (χ4v) is 3.39. The van der Waals surface area contributed by atoms with Gasteiger partial charge >= 0.3 is 0 Å². The Kier molecular flexibility index (Phi) is 8.36. The second-order valence-corrected chi connectivity index (χ2v) is 7.78. The van der Waals surface area contributed by atoms with E-state index in [1.807, 2.05) is 53.4 Å². The molecule has 0 aliphatic heterocycles. The van der Waals surface area contributed by atoms with Crippen molar-refractivity contribution in [2.75, 3.05) is 13.7 Å². The Hall–Kier alpha value is -2.98. The predicted molar refractivity (Wildman–Crippen MR) is 125 cm³/mol. The van der Waals surface area contributed by atoms with Gasteiger partial charge in [-0.1, -0.05) is 61.3 Å². The van der Waals surface area contributed by atoms with Gasteiger partial charge in [0.25, 0.3) is 5.91 Å². The van der Waals surface area contributed by atoms with E-state index in [1.165, 1.54) is 0 Å². The van der Waals surface area contributed by atoms with Crippen LogP contribution in [0.25, 0.3) is 0 Å². The SMILES string of the molecule is CCCCN(Cc1ccc(OCc2ccccc2)c(OC)c1)C(=O)c1ccc(Cl)cc1. The van der Waals surface area contributed by atoms with Crippen molar-refractivity contribution in [1.29, 1.82) is 0 Å². The van der Waals surface area contributed by atoms with E-state index >= 15 is 0 Å². The highest BCUT2D eigenvalue weighted by molar-refractivity contribution is 6.30. The monoisotopic (exact) mass is 437 g/mol. The molecule has 0 unspecified atom stereocenters. The zero-order chi connectivity index (χ0) is 22.1. The third-order valence-electron chi connectivity index (χ3n) is 5.00. The van der Waals surface area contributed by atoms with Gasteiger partial charge < -0.3 is 14.4 Å². The molecular weight excluding hydrogens is 410 g/mol. The number of amides is 1. The van der Waals surface area contributed by atoms with Gasteiger partial charge in [0.2, 0.25) is 0 Å². The molecule has 31 heavy (non-hydrogen) atoms. The number of ether oxygens (including phenoxy) is 2. The van der Waals surface area contributed by atoms with Gasteiger partial charge in [0, 0.05) is 23.7 Å². The quantitative estimate of drug-likeness (QED) is 0.370. The van der Waals surface area contributed by atoms with E-state index in [4.69, 9.17) is 21.1 Å². The van der Waals surface area contributed by atoms with E-state index in [0.717, 1.165) is 24.0 Å². The van der Waals surface area contributed by atoms with E-state index in [-0.39, 0.29) is 5.91 Å². The van der Waals surface area contributed by atoms with Crippen LogP contribution >= 0.6 is 11.6 Å². The van der Waals surface area contributed by atoms with Crippen LogP contribution in [0.5, 0.6) is 11.5 Å². The number of rotatable bonds is 10. The summed E-state index contributed by atoms with van der Waals surface area (Å²) >= 11 is 5.97. The number of halogens is 1. The summed E-state index contributed by atoms with van der Waals surface area (Å²) in [6.45, 7) is 3.77. The molecule has 1 amide bonds. The number of hydrogen-bond donors (Lipinski definition) is 0. The van der Waals surface area contributed by atoms with Gasteiger partial charge in [0.1, 0.15) is 6.61 Å². The number of carbonyl (C=O) groups excluding carboxylic acids is 1. The van der Waals surface area contributed by atoms with Gasteiger partial charge in [-0.3, -0.25) is 4.79 Å². The minimum absolute atomic E-state index is 0.00603. The van der Waals surface area contributed by atoms with Crippen LogP contribution in [0.15, 0.2) is 72.8 Å². The van der Waals surface area contributed by atoms with Crippen LogP contribution in [0.1, 0.15) is 41.3 Å². The summed E-state index contributed by atoms with van der Waals surface area (Å²) in [6, 6.07) is 22.9. The first-order valence-corrected chi connectivity index (χ1v) is 10.9. The summed E-state index contributed by atoms with van der Waals surface area (Å²) < 4.78 is 11.5. The van der Waals surface area contributed by atoms with Crippen molar-refractivity contribution in [2.45, 2.75) is 32.9 Å². The van der Waals surface area contributed by atoms with Crippen LogP contribution in [-0.4, -0.2) is 24.5 Å². The molecule has 4 nitrogen and oxygen atoms in total. The largest absolute Gasteiger partial charge is 0.493 e. The Morgan fingerprint density at radius 1 is 0.935 bits per heavy atom. The van der Waals surface area contributed by atoms with Crippen molar-refractivity contribution in [3.05, 3.63) is 94.5 Å². The third kappa shape index (κ3) is 6.50. The van der Waals surface area contributed by atoms with Gasteiger partial charge in [0.05, 0.1) is 7.11 Å². The first kappa shape index (κ1) is 22.7. The molecule has 0 N–H and O–H groups in total. The molecule has 0 saturated heterocycles. The number of methoxy groups -OCH3 is 1. The van der Waals surface area contributed by atoms with E-state index < -0.39 is 0 Å². The summed E-state index contributed by atoms with van der Waals surface area (Å²) in [7, 11) is 1.63. The number of benzene rings is 3. The summed E-state index contributed by atoms with van der Waals surface area (Å²) in [5, 5.41) is 0.618. The predicted octanol–water partition coefficient (Wildman–Crippen LogP) is 6.37. The van der Waals surface area contributed by atoms with Crippen molar-refractivity contribution in [3.8, 4) is 11.5 Å². The maximum absolute atomic E-state index is 13.1. The molecule has 0 aromatic heterocycles. The molecule has 0 aliphatic carbocycles. The maximum atomic E-state index is 13.1. The summed E-state index contributed by atoms with van der Waals surface area (Å²) in [5.41, 5.74) is 2.71. The third-order valence-corrected chi connectivity index (χ3v) is 5.25. The summed E-state index contributed by atoms with van der Waals surface area (Å²) in [4.78, 5) is 14.9. The molecule has 5 heteroatoms. The van der Waals surface area contributed by atoms with Crippen molar-refractivity contribution < 1.29 is 14.3 Å². The van der Waals surface area contributed by atoms with Crippen LogP contribution < -0.4 is 9.47 Å².